The Hall–Kier alpha value is -1.91. The molecule has 0 spiro atoms. The number of thioether (sulfide) groups is 1. The van der Waals surface area contributed by atoms with Crippen molar-refractivity contribution in [3.63, 3.8) is 0 Å². The highest BCUT2D eigenvalue weighted by Gasteiger charge is 2.60. The van der Waals surface area contributed by atoms with Crippen LogP contribution in [0, 0.1) is 11.8 Å². The number of esters is 1. The lowest BCUT2D eigenvalue weighted by Crippen LogP contribution is -2.64. The average Bonchev–Trinajstić information content (AvgIpc) is 2.86. The second kappa shape index (κ2) is 10.0. The van der Waals surface area contributed by atoms with Crippen molar-refractivity contribution in [1.82, 2.24) is 10.6 Å². The Morgan fingerprint density at radius 3 is 2.46 bits per heavy atom. The van der Waals surface area contributed by atoms with E-state index in [-0.39, 0.29) is 12.4 Å². The summed E-state index contributed by atoms with van der Waals surface area (Å²) < 4.78 is 4.91. The Kier molecular flexibility index (Phi) is 8.65. The SMILES string of the molecule is C=CCOC(=O)[C@@H](CSC(=O)[C@]1([C@H](O)C(C)C)NC(=O)[C@H](C)[C@@H]1O)NC(C)=O. The van der Waals surface area contributed by atoms with E-state index in [1.807, 2.05) is 0 Å². The fourth-order valence-electron chi connectivity index (χ4n) is 2.93. The molecule has 0 bridgehead atoms. The molecule has 0 aliphatic carbocycles. The Bertz CT molecular complexity index is 639. The van der Waals surface area contributed by atoms with Crippen molar-refractivity contribution in [3.05, 3.63) is 12.7 Å². The van der Waals surface area contributed by atoms with Gasteiger partial charge in [-0.2, -0.15) is 0 Å². The fourth-order valence-corrected chi connectivity index (χ4v) is 4.00. The molecule has 4 N–H and O–H groups in total. The zero-order valence-electron chi connectivity index (χ0n) is 16.4. The van der Waals surface area contributed by atoms with Crippen molar-refractivity contribution in [1.29, 1.82) is 0 Å². The van der Waals surface area contributed by atoms with Crippen LogP contribution < -0.4 is 10.6 Å². The zero-order chi connectivity index (χ0) is 21.6. The highest BCUT2D eigenvalue weighted by Crippen LogP contribution is 2.36. The summed E-state index contributed by atoms with van der Waals surface area (Å²) in [5.74, 6) is -3.32. The molecule has 0 unspecified atom stereocenters. The van der Waals surface area contributed by atoms with Gasteiger partial charge < -0.3 is 25.6 Å². The highest BCUT2D eigenvalue weighted by atomic mass is 32.2. The van der Waals surface area contributed by atoms with Crippen LogP contribution in [0.2, 0.25) is 0 Å². The van der Waals surface area contributed by atoms with E-state index in [0.29, 0.717) is 11.8 Å². The Labute approximate surface area is 168 Å². The van der Waals surface area contributed by atoms with Crippen LogP contribution in [0.4, 0.5) is 0 Å². The third kappa shape index (κ3) is 5.12. The minimum Gasteiger partial charge on any atom is -0.460 e. The second-order valence-corrected chi connectivity index (χ2v) is 8.04. The molecule has 28 heavy (non-hydrogen) atoms. The van der Waals surface area contributed by atoms with Crippen molar-refractivity contribution in [2.75, 3.05) is 12.4 Å². The van der Waals surface area contributed by atoms with Crippen molar-refractivity contribution < 1.29 is 34.1 Å². The van der Waals surface area contributed by atoms with Crippen molar-refractivity contribution in [2.24, 2.45) is 11.8 Å². The van der Waals surface area contributed by atoms with Gasteiger partial charge in [0, 0.05) is 12.7 Å². The summed E-state index contributed by atoms with van der Waals surface area (Å²) in [5, 5.41) is 25.3. The van der Waals surface area contributed by atoms with E-state index in [1.54, 1.807) is 13.8 Å². The molecular weight excluding hydrogens is 388 g/mol. The van der Waals surface area contributed by atoms with Crippen molar-refractivity contribution in [2.45, 2.75) is 51.5 Å². The van der Waals surface area contributed by atoms with Crippen LogP contribution in [0.25, 0.3) is 0 Å². The number of hydrogen-bond acceptors (Lipinski definition) is 8. The summed E-state index contributed by atoms with van der Waals surface area (Å²) in [6, 6.07) is -1.12. The average molecular weight is 416 g/mol. The quantitative estimate of drug-likeness (QED) is 0.287. The molecule has 9 nitrogen and oxygen atoms in total. The topological polar surface area (TPSA) is 142 Å². The standard InChI is InChI=1S/C18H28N2O7S/c1-6-7-27-16(25)12(19-11(5)21)8-28-17(26)18(13(22)9(2)3)14(23)10(4)15(24)20-18/h6,9-10,12-14,22-23H,1,7-8H2,2-5H3,(H,19,21)(H,20,24)/t10-,12-,13-,14+,18-/m1/s1. The van der Waals surface area contributed by atoms with E-state index in [2.05, 4.69) is 17.2 Å². The lowest BCUT2D eigenvalue weighted by molar-refractivity contribution is -0.145. The Balaban J connectivity index is 3.03. The largest absolute Gasteiger partial charge is 0.460 e. The minimum atomic E-state index is -1.90. The molecule has 1 heterocycles. The number of nitrogens with one attached hydrogen (secondary N) is 2. The van der Waals surface area contributed by atoms with Gasteiger partial charge >= 0.3 is 5.97 Å². The van der Waals surface area contributed by atoms with Crippen LogP contribution in [0.3, 0.4) is 0 Å². The highest BCUT2D eigenvalue weighted by molar-refractivity contribution is 8.13. The molecule has 1 fully saturated rings. The molecule has 10 heteroatoms. The van der Waals surface area contributed by atoms with Crippen molar-refractivity contribution in [3.8, 4) is 0 Å². The lowest BCUT2D eigenvalue weighted by atomic mass is 9.81. The predicted molar refractivity (Wildman–Crippen MR) is 103 cm³/mol. The summed E-state index contributed by atoms with van der Waals surface area (Å²) >= 11 is 0.623. The number of hydrogen-bond donors (Lipinski definition) is 4. The maximum Gasteiger partial charge on any atom is 0.329 e. The van der Waals surface area contributed by atoms with E-state index >= 15 is 0 Å². The van der Waals surface area contributed by atoms with Crippen LogP contribution >= 0.6 is 11.8 Å². The van der Waals surface area contributed by atoms with Gasteiger partial charge in [0.05, 0.1) is 18.1 Å². The maximum atomic E-state index is 13.0. The number of carbonyl (C=O) groups excluding carboxylic acids is 4. The maximum absolute atomic E-state index is 13.0. The van der Waals surface area contributed by atoms with Gasteiger partial charge in [-0.15, -0.1) is 0 Å². The normalized spacial score (nSPS) is 26.3. The molecule has 0 radical (unpaired) electrons. The van der Waals surface area contributed by atoms with Gasteiger partial charge in [0.15, 0.2) is 5.54 Å². The van der Waals surface area contributed by atoms with E-state index < -0.39 is 58.5 Å². The summed E-state index contributed by atoms with van der Waals surface area (Å²) in [4.78, 5) is 48.5. The molecule has 0 aromatic rings. The molecule has 1 rings (SSSR count). The summed E-state index contributed by atoms with van der Waals surface area (Å²) in [7, 11) is 0. The van der Waals surface area contributed by atoms with Crippen molar-refractivity contribution >= 4 is 34.7 Å². The van der Waals surface area contributed by atoms with Gasteiger partial charge in [-0.1, -0.05) is 45.2 Å². The molecule has 158 valence electrons. The third-order valence-electron chi connectivity index (χ3n) is 4.51. The van der Waals surface area contributed by atoms with E-state index in [4.69, 9.17) is 4.74 Å². The molecule has 1 aliphatic rings. The van der Waals surface area contributed by atoms with Gasteiger partial charge in [0.25, 0.3) is 0 Å². The van der Waals surface area contributed by atoms with Crippen LogP contribution in [-0.4, -0.2) is 69.3 Å². The first-order chi connectivity index (χ1) is 13.0. The van der Waals surface area contributed by atoms with Crippen LogP contribution in [0.1, 0.15) is 27.7 Å². The monoisotopic (exact) mass is 416 g/mol. The van der Waals surface area contributed by atoms with Crippen LogP contribution in [0.15, 0.2) is 12.7 Å². The summed E-state index contributed by atoms with van der Waals surface area (Å²) in [6.07, 6.45) is -1.42. The van der Waals surface area contributed by atoms with Gasteiger partial charge in [-0.3, -0.25) is 14.4 Å². The minimum absolute atomic E-state index is 0.0597. The number of aliphatic hydroxyl groups is 2. The Morgan fingerprint density at radius 2 is 2.04 bits per heavy atom. The van der Waals surface area contributed by atoms with E-state index in [9.17, 15) is 29.4 Å². The number of aliphatic hydroxyl groups excluding tert-OH is 2. The molecule has 0 aromatic heterocycles. The van der Waals surface area contributed by atoms with Gasteiger partial charge in [-0.25, -0.2) is 4.79 Å². The fraction of sp³-hybridized carbons (Fsp3) is 0.667. The lowest BCUT2D eigenvalue weighted by Gasteiger charge is -2.37. The number of carbonyl (C=O) groups is 4. The second-order valence-electron chi connectivity index (χ2n) is 7.05. The first kappa shape index (κ1) is 24.1. The molecule has 1 saturated heterocycles. The van der Waals surface area contributed by atoms with E-state index in [0.717, 1.165) is 0 Å². The van der Waals surface area contributed by atoms with Crippen LogP contribution in [0.5, 0.6) is 0 Å². The number of ether oxygens (including phenoxy) is 1. The molecule has 2 amide bonds. The molecule has 0 saturated carbocycles. The molecular formula is C18H28N2O7S. The zero-order valence-corrected chi connectivity index (χ0v) is 17.2. The summed E-state index contributed by atoms with van der Waals surface area (Å²) in [5.41, 5.74) is -1.90. The third-order valence-corrected chi connectivity index (χ3v) is 5.61. The molecule has 0 aromatic carbocycles. The Morgan fingerprint density at radius 1 is 1.43 bits per heavy atom. The summed E-state index contributed by atoms with van der Waals surface area (Å²) in [6.45, 7) is 9.34. The van der Waals surface area contributed by atoms with Gasteiger partial charge in [0.2, 0.25) is 16.9 Å². The first-order valence-corrected chi connectivity index (χ1v) is 9.87. The molecule has 1 aliphatic heterocycles. The number of rotatable bonds is 9. The first-order valence-electron chi connectivity index (χ1n) is 8.89. The van der Waals surface area contributed by atoms with Gasteiger partial charge in [-0.05, 0) is 5.92 Å². The van der Waals surface area contributed by atoms with Gasteiger partial charge in [0.1, 0.15) is 12.6 Å². The van der Waals surface area contributed by atoms with Crippen LogP contribution in [-0.2, 0) is 23.9 Å². The predicted octanol–water partition coefficient (Wildman–Crippen LogP) is -0.637. The molecule has 5 atom stereocenters. The van der Waals surface area contributed by atoms with E-state index in [1.165, 1.54) is 19.9 Å². The smallest absolute Gasteiger partial charge is 0.329 e. The number of amides is 2.